The molecule has 1 unspecified atom stereocenters. The number of aromatic nitrogens is 1. The van der Waals surface area contributed by atoms with Gasteiger partial charge in [-0.1, -0.05) is 41.9 Å². The number of nitrogens with zero attached hydrogens (tertiary/aromatic N) is 2. The molecule has 162 valence electrons. The minimum Gasteiger partial charge on any atom is -0.440 e. The van der Waals surface area contributed by atoms with Gasteiger partial charge in [0.15, 0.2) is 11.5 Å². The van der Waals surface area contributed by atoms with E-state index < -0.39 is 12.1 Å². The summed E-state index contributed by atoms with van der Waals surface area (Å²) in [5, 5.41) is 5.71. The molecule has 4 rings (SSSR count). The number of benzene rings is 2. The Hall–Kier alpha value is -2.90. The summed E-state index contributed by atoms with van der Waals surface area (Å²) in [5.74, 6) is 0.553. The fraction of sp³-hybridized carbons (Fsp3) is 0.348. The van der Waals surface area contributed by atoms with E-state index in [4.69, 9.17) is 16.0 Å². The molecule has 3 amide bonds. The maximum Gasteiger partial charge on any atom is 0.321 e. The number of imide groups is 1. The normalized spacial score (nSPS) is 16.2. The monoisotopic (exact) mass is 440 g/mol. The van der Waals surface area contributed by atoms with E-state index in [1.165, 1.54) is 0 Å². The fourth-order valence-corrected chi connectivity index (χ4v) is 4.21. The molecule has 1 aliphatic heterocycles. The molecule has 2 heterocycles. The predicted octanol–water partition coefficient (Wildman–Crippen LogP) is 4.25. The quantitative estimate of drug-likeness (QED) is 0.619. The highest BCUT2D eigenvalue weighted by molar-refractivity contribution is 6.31. The Balaban J connectivity index is 1.48. The number of piperidine rings is 1. The summed E-state index contributed by atoms with van der Waals surface area (Å²) in [6.45, 7) is 3.64. The maximum atomic E-state index is 13.0. The Kier molecular flexibility index (Phi) is 6.53. The van der Waals surface area contributed by atoms with E-state index in [-0.39, 0.29) is 11.8 Å². The number of halogens is 1. The van der Waals surface area contributed by atoms with Gasteiger partial charge in [0.1, 0.15) is 11.6 Å². The molecule has 1 saturated heterocycles. The third-order valence-electron chi connectivity index (χ3n) is 5.55. The Labute approximate surface area is 185 Å². The predicted molar refractivity (Wildman–Crippen MR) is 119 cm³/mol. The van der Waals surface area contributed by atoms with Gasteiger partial charge in [0, 0.05) is 17.5 Å². The summed E-state index contributed by atoms with van der Waals surface area (Å²) in [6, 6.07) is 14.0. The van der Waals surface area contributed by atoms with Gasteiger partial charge in [-0.2, -0.15) is 0 Å². The number of carbonyl (C=O) groups is 2. The van der Waals surface area contributed by atoms with Crippen LogP contribution in [0.1, 0.15) is 43.2 Å². The van der Waals surface area contributed by atoms with Crippen molar-refractivity contribution in [2.24, 2.45) is 0 Å². The second-order valence-corrected chi connectivity index (χ2v) is 8.07. The Morgan fingerprint density at radius 2 is 1.94 bits per heavy atom. The van der Waals surface area contributed by atoms with Gasteiger partial charge in [0.25, 0.3) is 0 Å². The number of rotatable bonds is 5. The van der Waals surface area contributed by atoms with E-state index in [0.717, 1.165) is 29.5 Å². The van der Waals surface area contributed by atoms with Gasteiger partial charge in [0.2, 0.25) is 5.91 Å². The molecule has 1 atom stereocenters. The van der Waals surface area contributed by atoms with Gasteiger partial charge in [-0.25, -0.2) is 9.78 Å². The highest BCUT2D eigenvalue weighted by atomic mass is 35.5. The number of hydrogen-bond acceptors (Lipinski definition) is 5. The second kappa shape index (κ2) is 9.49. The topological polar surface area (TPSA) is 87.5 Å². The largest absolute Gasteiger partial charge is 0.440 e. The van der Waals surface area contributed by atoms with Crippen LogP contribution in [0.3, 0.4) is 0 Å². The summed E-state index contributed by atoms with van der Waals surface area (Å²) >= 11 is 6.06. The molecular formula is C23H25ClN4O3. The lowest BCUT2D eigenvalue weighted by atomic mass is 9.93. The maximum absolute atomic E-state index is 13.0. The molecule has 31 heavy (non-hydrogen) atoms. The summed E-state index contributed by atoms with van der Waals surface area (Å²) in [4.78, 5) is 31.6. The van der Waals surface area contributed by atoms with Crippen molar-refractivity contribution in [3.63, 3.8) is 0 Å². The minimum atomic E-state index is -0.535. The molecule has 1 aliphatic rings. The highest BCUT2D eigenvalue weighted by Crippen LogP contribution is 2.34. The Morgan fingerprint density at radius 1 is 1.19 bits per heavy atom. The first-order valence-electron chi connectivity index (χ1n) is 10.5. The number of likely N-dealkylation sites (tertiary alicyclic amines) is 1. The van der Waals surface area contributed by atoms with Gasteiger partial charge in [0.05, 0.1) is 0 Å². The summed E-state index contributed by atoms with van der Waals surface area (Å²) < 4.78 is 5.95. The van der Waals surface area contributed by atoms with Crippen LogP contribution in [0.5, 0.6) is 0 Å². The second-order valence-electron chi connectivity index (χ2n) is 7.64. The number of oxazole rings is 1. The van der Waals surface area contributed by atoms with Crippen LogP contribution in [0.4, 0.5) is 4.79 Å². The number of fused-ring (bicyclic) bond motifs is 1. The van der Waals surface area contributed by atoms with E-state index in [2.05, 4.69) is 20.5 Å². The van der Waals surface area contributed by atoms with Crippen molar-refractivity contribution < 1.29 is 14.0 Å². The van der Waals surface area contributed by atoms with Crippen molar-refractivity contribution in [3.05, 3.63) is 65.0 Å². The van der Waals surface area contributed by atoms with Crippen molar-refractivity contribution >= 4 is 34.6 Å². The van der Waals surface area contributed by atoms with Crippen LogP contribution in [0.25, 0.3) is 11.1 Å². The number of urea groups is 1. The highest BCUT2D eigenvalue weighted by Gasteiger charge is 2.33. The van der Waals surface area contributed by atoms with E-state index in [9.17, 15) is 9.59 Å². The molecule has 1 fully saturated rings. The summed E-state index contributed by atoms with van der Waals surface area (Å²) in [7, 11) is 0. The third-order valence-corrected chi connectivity index (χ3v) is 5.78. The van der Waals surface area contributed by atoms with Gasteiger partial charge in [-0.3, -0.25) is 15.0 Å². The van der Waals surface area contributed by atoms with E-state index in [0.29, 0.717) is 30.5 Å². The average molecular weight is 441 g/mol. The SMILES string of the molecule is CCNC(=O)NC(=O)C(c1ccccc1)N1CCC(c2nc3cc(Cl)ccc3o2)CC1. The van der Waals surface area contributed by atoms with Crippen molar-refractivity contribution in [3.8, 4) is 0 Å². The van der Waals surface area contributed by atoms with Crippen LogP contribution in [0, 0.1) is 0 Å². The van der Waals surface area contributed by atoms with E-state index >= 15 is 0 Å². The Bertz CT molecular complexity index is 1060. The van der Waals surface area contributed by atoms with Gasteiger partial charge < -0.3 is 9.73 Å². The zero-order chi connectivity index (χ0) is 21.8. The molecule has 8 heteroatoms. The summed E-state index contributed by atoms with van der Waals surface area (Å²) in [5.41, 5.74) is 2.35. The first-order chi connectivity index (χ1) is 15.0. The first-order valence-corrected chi connectivity index (χ1v) is 10.9. The zero-order valence-electron chi connectivity index (χ0n) is 17.3. The molecule has 0 saturated carbocycles. The van der Waals surface area contributed by atoms with Crippen LogP contribution >= 0.6 is 11.6 Å². The number of carbonyl (C=O) groups excluding carboxylic acids is 2. The van der Waals surface area contributed by atoms with Crippen molar-refractivity contribution in [1.82, 2.24) is 20.5 Å². The number of nitrogens with one attached hydrogen (secondary N) is 2. The summed E-state index contributed by atoms with van der Waals surface area (Å²) in [6.07, 6.45) is 1.61. The van der Waals surface area contributed by atoms with E-state index in [1.807, 2.05) is 43.3 Å². The van der Waals surface area contributed by atoms with E-state index in [1.54, 1.807) is 12.1 Å². The van der Waals surface area contributed by atoms with Crippen LogP contribution in [-0.4, -0.2) is 41.5 Å². The molecule has 0 aliphatic carbocycles. The van der Waals surface area contributed by atoms with Crippen LogP contribution in [-0.2, 0) is 4.79 Å². The molecule has 2 N–H and O–H groups in total. The lowest BCUT2D eigenvalue weighted by Gasteiger charge is -2.36. The number of amides is 3. The molecule has 3 aromatic rings. The van der Waals surface area contributed by atoms with Gasteiger partial charge in [-0.15, -0.1) is 0 Å². The first kappa shape index (κ1) is 21.3. The standard InChI is InChI=1S/C23H25ClN4O3/c1-2-25-23(30)27-21(29)20(15-6-4-3-5-7-15)28-12-10-16(11-13-28)22-26-18-14-17(24)8-9-19(18)31-22/h3-9,14,16,20H,2,10-13H2,1H3,(H2,25,27,29,30). The van der Waals surface area contributed by atoms with Crippen LogP contribution in [0.2, 0.25) is 5.02 Å². The molecule has 0 bridgehead atoms. The third kappa shape index (κ3) is 4.89. The molecule has 0 radical (unpaired) electrons. The van der Waals surface area contributed by atoms with Gasteiger partial charge in [-0.05, 0) is 56.6 Å². The zero-order valence-corrected chi connectivity index (χ0v) is 18.1. The molecule has 2 aromatic carbocycles. The van der Waals surface area contributed by atoms with Crippen LogP contribution in [0.15, 0.2) is 52.9 Å². The fourth-order valence-electron chi connectivity index (χ4n) is 4.05. The molecular weight excluding hydrogens is 416 g/mol. The number of hydrogen-bond donors (Lipinski definition) is 2. The van der Waals surface area contributed by atoms with Gasteiger partial charge >= 0.3 is 6.03 Å². The van der Waals surface area contributed by atoms with Crippen molar-refractivity contribution in [2.45, 2.75) is 31.7 Å². The van der Waals surface area contributed by atoms with Crippen molar-refractivity contribution in [1.29, 1.82) is 0 Å². The smallest absolute Gasteiger partial charge is 0.321 e. The molecule has 7 nitrogen and oxygen atoms in total. The minimum absolute atomic E-state index is 0.172. The molecule has 0 spiro atoms. The lowest BCUT2D eigenvalue weighted by Crippen LogP contribution is -2.48. The Morgan fingerprint density at radius 3 is 2.65 bits per heavy atom. The average Bonchev–Trinajstić information content (AvgIpc) is 3.18. The van der Waals surface area contributed by atoms with Crippen LogP contribution < -0.4 is 10.6 Å². The lowest BCUT2D eigenvalue weighted by molar-refractivity contribution is -0.126. The molecule has 1 aromatic heterocycles. The van der Waals surface area contributed by atoms with Crippen molar-refractivity contribution in [2.75, 3.05) is 19.6 Å².